The van der Waals surface area contributed by atoms with Crippen molar-refractivity contribution in [1.82, 2.24) is 4.90 Å². The molecule has 0 aliphatic carbocycles. The summed E-state index contributed by atoms with van der Waals surface area (Å²) in [5.41, 5.74) is 0.624. The average molecular weight is 376 g/mol. The van der Waals surface area contributed by atoms with E-state index in [2.05, 4.69) is 0 Å². The Morgan fingerprint density at radius 2 is 1.77 bits per heavy atom. The minimum Gasteiger partial charge on any atom is -0.363 e. The van der Waals surface area contributed by atoms with Gasteiger partial charge in [0.2, 0.25) is 5.91 Å². The highest BCUT2D eigenvalue weighted by Gasteiger charge is 2.25. The molecule has 0 saturated carbocycles. The fraction of sp³-hybridized carbons (Fsp3) is 0.263. The highest BCUT2D eigenvalue weighted by Crippen LogP contribution is 2.26. The van der Waals surface area contributed by atoms with Gasteiger partial charge in [-0.3, -0.25) is 4.79 Å². The maximum absolute atomic E-state index is 14.1. The van der Waals surface area contributed by atoms with Crippen molar-refractivity contribution >= 4 is 23.2 Å². The predicted molar refractivity (Wildman–Crippen MR) is 95.0 cm³/mol. The second-order valence-corrected chi connectivity index (χ2v) is 6.51. The van der Waals surface area contributed by atoms with Gasteiger partial charge in [0, 0.05) is 31.2 Å². The number of benzene rings is 2. The van der Waals surface area contributed by atoms with Gasteiger partial charge in [0.15, 0.2) is 11.6 Å². The number of carbonyl (C=O) groups excluding carboxylic acids is 1. The molecule has 1 amide bonds. The van der Waals surface area contributed by atoms with E-state index in [9.17, 15) is 13.6 Å². The topological polar surface area (TPSA) is 47.3 Å². The van der Waals surface area contributed by atoms with Crippen molar-refractivity contribution in [3.8, 4) is 6.07 Å². The molecule has 0 unspecified atom stereocenters. The third-order valence-electron chi connectivity index (χ3n) is 4.34. The molecule has 0 spiro atoms. The van der Waals surface area contributed by atoms with E-state index in [-0.39, 0.29) is 23.6 Å². The average Bonchev–Trinajstić information content (AvgIpc) is 2.61. The molecule has 1 saturated heterocycles. The van der Waals surface area contributed by atoms with Crippen molar-refractivity contribution in [3.63, 3.8) is 0 Å². The van der Waals surface area contributed by atoms with Crippen LogP contribution in [0, 0.1) is 23.0 Å². The number of hydrogen-bond donors (Lipinski definition) is 0. The molecular weight excluding hydrogens is 360 g/mol. The van der Waals surface area contributed by atoms with Crippen molar-refractivity contribution in [3.05, 3.63) is 64.2 Å². The minimum atomic E-state index is -0.764. The Morgan fingerprint density at radius 3 is 2.35 bits per heavy atom. The molecule has 1 aliphatic rings. The fourth-order valence-corrected chi connectivity index (χ4v) is 3.26. The standard InChI is InChI=1S/C19H16ClF2N3O/c20-15-3-1-2-13(8-15)11-18(26)24-4-6-25(7-5-24)19-16(21)9-14(12-23)10-17(19)22/h1-3,8-10H,4-7,11H2. The van der Waals surface area contributed by atoms with Crippen LogP contribution in [0.15, 0.2) is 36.4 Å². The summed E-state index contributed by atoms with van der Waals surface area (Å²) in [7, 11) is 0. The normalized spacial score (nSPS) is 14.2. The molecule has 0 atom stereocenters. The first-order valence-corrected chi connectivity index (χ1v) is 8.52. The van der Waals surface area contributed by atoms with Gasteiger partial charge in [0.1, 0.15) is 5.69 Å². The first kappa shape index (κ1) is 18.2. The van der Waals surface area contributed by atoms with Gasteiger partial charge in [-0.1, -0.05) is 23.7 Å². The lowest BCUT2D eigenvalue weighted by molar-refractivity contribution is -0.130. The number of anilines is 1. The lowest BCUT2D eigenvalue weighted by Crippen LogP contribution is -2.49. The van der Waals surface area contributed by atoms with Gasteiger partial charge in [0.25, 0.3) is 0 Å². The Hall–Kier alpha value is -2.65. The van der Waals surface area contributed by atoms with E-state index >= 15 is 0 Å². The zero-order valence-electron chi connectivity index (χ0n) is 13.9. The van der Waals surface area contributed by atoms with E-state index < -0.39 is 11.6 Å². The maximum atomic E-state index is 14.1. The molecule has 0 N–H and O–H groups in total. The molecule has 3 rings (SSSR count). The molecule has 0 aromatic heterocycles. The second-order valence-electron chi connectivity index (χ2n) is 6.07. The lowest BCUT2D eigenvalue weighted by atomic mass is 10.1. The van der Waals surface area contributed by atoms with Crippen LogP contribution in [0.25, 0.3) is 0 Å². The van der Waals surface area contributed by atoms with Crippen LogP contribution in [-0.2, 0) is 11.2 Å². The van der Waals surface area contributed by atoms with Crippen molar-refractivity contribution < 1.29 is 13.6 Å². The molecule has 1 heterocycles. The van der Waals surface area contributed by atoms with Gasteiger partial charge in [-0.2, -0.15) is 5.26 Å². The molecule has 26 heavy (non-hydrogen) atoms. The molecule has 1 aliphatic heterocycles. The van der Waals surface area contributed by atoms with Gasteiger partial charge in [-0.25, -0.2) is 8.78 Å². The minimum absolute atomic E-state index is 0.0484. The summed E-state index contributed by atoms with van der Waals surface area (Å²) >= 11 is 5.93. The molecule has 2 aromatic carbocycles. The molecule has 0 radical (unpaired) electrons. The largest absolute Gasteiger partial charge is 0.363 e. The zero-order valence-corrected chi connectivity index (χ0v) is 14.6. The van der Waals surface area contributed by atoms with Crippen LogP contribution in [-0.4, -0.2) is 37.0 Å². The fourth-order valence-electron chi connectivity index (χ4n) is 3.04. The summed E-state index contributed by atoms with van der Waals surface area (Å²) in [5, 5.41) is 9.35. The van der Waals surface area contributed by atoms with Crippen LogP contribution < -0.4 is 4.90 Å². The number of halogens is 3. The van der Waals surface area contributed by atoms with E-state index in [0.29, 0.717) is 31.2 Å². The summed E-state index contributed by atoms with van der Waals surface area (Å²) in [6.45, 7) is 1.39. The first-order chi connectivity index (χ1) is 12.5. The molecule has 1 fully saturated rings. The summed E-state index contributed by atoms with van der Waals surface area (Å²) in [5.74, 6) is -1.58. The van der Waals surface area contributed by atoms with Crippen LogP contribution in [0.2, 0.25) is 5.02 Å². The van der Waals surface area contributed by atoms with Crippen LogP contribution in [0.1, 0.15) is 11.1 Å². The zero-order chi connectivity index (χ0) is 18.7. The highest BCUT2D eigenvalue weighted by molar-refractivity contribution is 6.30. The molecule has 134 valence electrons. The number of rotatable bonds is 3. The predicted octanol–water partition coefficient (Wildman–Crippen LogP) is 3.38. The van der Waals surface area contributed by atoms with Crippen LogP contribution in [0.3, 0.4) is 0 Å². The number of piperazine rings is 1. The first-order valence-electron chi connectivity index (χ1n) is 8.14. The van der Waals surface area contributed by atoms with E-state index in [1.54, 1.807) is 34.1 Å². The Balaban J connectivity index is 1.64. The number of carbonyl (C=O) groups is 1. The van der Waals surface area contributed by atoms with Gasteiger partial charge < -0.3 is 9.80 Å². The van der Waals surface area contributed by atoms with Gasteiger partial charge >= 0.3 is 0 Å². The second kappa shape index (κ2) is 7.71. The van der Waals surface area contributed by atoms with Crippen molar-refractivity contribution in [2.24, 2.45) is 0 Å². The van der Waals surface area contributed by atoms with E-state index in [0.717, 1.165) is 17.7 Å². The van der Waals surface area contributed by atoms with Crippen molar-refractivity contribution in [2.45, 2.75) is 6.42 Å². The van der Waals surface area contributed by atoms with Gasteiger partial charge in [0.05, 0.1) is 18.1 Å². The quantitative estimate of drug-likeness (QED) is 0.826. The third kappa shape index (κ3) is 3.94. The van der Waals surface area contributed by atoms with Crippen LogP contribution in [0.5, 0.6) is 0 Å². The molecule has 4 nitrogen and oxygen atoms in total. The summed E-state index contributed by atoms with van der Waals surface area (Å²) in [4.78, 5) is 15.7. The number of nitriles is 1. The van der Waals surface area contributed by atoms with Crippen molar-refractivity contribution in [2.75, 3.05) is 31.1 Å². The van der Waals surface area contributed by atoms with Crippen LogP contribution in [0.4, 0.5) is 14.5 Å². The number of nitrogens with zero attached hydrogens (tertiary/aromatic N) is 3. The number of hydrogen-bond acceptors (Lipinski definition) is 3. The van der Waals surface area contributed by atoms with Crippen molar-refractivity contribution in [1.29, 1.82) is 5.26 Å². The van der Waals surface area contributed by atoms with E-state index in [1.165, 1.54) is 0 Å². The lowest BCUT2D eigenvalue weighted by Gasteiger charge is -2.36. The summed E-state index contributed by atoms with van der Waals surface area (Å²) in [6.07, 6.45) is 0.236. The monoisotopic (exact) mass is 375 g/mol. The maximum Gasteiger partial charge on any atom is 0.227 e. The highest BCUT2D eigenvalue weighted by atomic mass is 35.5. The molecule has 7 heteroatoms. The van der Waals surface area contributed by atoms with Gasteiger partial charge in [-0.15, -0.1) is 0 Å². The van der Waals surface area contributed by atoms with Crippen LogP contribution >= 0.6 is 11.6 Å². The van der Waals surface area contributed by atoms with E-state index in [4.69, 9.17) is 16.9 Å². The smallest absolute Gasteiger partial charge is 0.227 e. The van der Waals surface area contributed by atoms with Gasteiger partial charge in [-0.05, 0) is 29.8 Å². The third-order valence-corrected chi connectivity index (χ3v) is 4.57. The Bertz CT molecular complexity index is 850. The Labute approximate surface area is 155 Å². The molecular formula is C19H16ClF2N3O. The molecule has 0 bridgehead atoms. The summed E-state index contributed by atoms with van der Waals surface area (Å²) < 4.78 is 28.3. The SMILES string of the molecule is N#Cc1cc(F)c(N2CCN(C(=O)Cc3cccc(Cl)c3)CC2)c(F)c1. The molecule has 2 aromatic rings. The Kier molecular flexibility index (Phi) is 5.38. The summed E-state index contributed by atoms with van der Waals surface area (Å²) in [6, 6.07) is 10.9. The number of amides is 1. The van der Waals surface area contributed by atoms with E-state index in [1.807, 2.05) is 6.07 Å². The Morgan fingerprint density at radius 1 is 1.12 bits per heavy atom.